The van der Waals surface area contributed by atoms with Crippen molar-refractivity contribution in [3.8, 4) is 5.40 Å². The van der Waals surface area contributed by atoms with Gasteiger partial charge in [0, 0.05) is 24.9 Å². The monoisotopic (exact) mass is 291 g/mol. The molecule has 0 N–H and O–H groups in total. The Morgan fingerprint density at radius 2 is 2.10 bits per heavy atom. The second kappa shape index (κ2) is 5.25. The van der Waals surface area contributed by atoms with Crippen LogP contribution in [0.5, 0.6) is 0 Å². The maximum atomic E-state index is 11.3. The molecule has 2 heterocycles. The van der Waals surface area contributed by atoms with Crippen molar-refractivity contribution in [1.29, 1.82) is 5.26 Å². The maximum absolute atomic E-state index is 11.3. The average Bonchev–Trinajstić information content (AvgIpc) is 2.99. The van der Waals surface area contributed by atoms with E-state index in [-0.39, 0.29) is 10.7 Å². The summed E-state index contributed by atoms with van der Waals surface area (Å²) in [6.07, 6.45) is 4.94. The number of aromatic nitrogens is 2. The molecule has 0 amide bonds. The van der Waals surface area contributed by atoms with Gasteiger partial charge in [-0.25, -0.2) is 9.97 Å². The van der Waals surface area contributed by atoms with Gasteiger partial charge in [0.05, 0.1) is 4.92 Å². The molecule has 0 spiro atoms. The number of thioether (sulfide) groups is 1. The lowest BCUT2D eigenvalue weighted by Gasteiger charge is -2.18. The van der Waals surface area contributed by atoms with Gasteiger partial charge in [-0.05, 0) is 24.7 Å². The highest BCUT2D eigenvalue weighted by atomic mass is 32.2. The van der Waals surface area contributed by atoms with E-state index in [1.807, 2.05) is 10.3 Å². The van der Waals surface area contributed by atoms with Crippen LogP contribution in [0, 0.1) is 32.6 Å². The second-order valence-corrected chi connectivity index (χ2v) is 5.93. The third-order valence-corrected chi connectivity index (χ3v) is 4.70. The molecule has 1 aromatic rings. The van der Waals surface area contributed by atoms with Crippen molar-refractivity contribution in [2.24, 2.45) is 11.8 Å². The molecule has 1 aromatic heterocycles. The molecule has 8 heteroatoms. The molecule has 2 unspecified atom stereocenters. The Labute approximate surface area is 120 Å². The minimum Gasteiger partial charge on any atom is -0.350 e. The fourth-order valence-electron chi connectivity index (χ4n) is 3.27. The molecule has 2 aliphatic rings. The summed E-state index contributed by atoms with van der Waals surface area (Å²) in [5.74, 6) is 1.60. The molecule has 1 saturated heterocycles. The molecule has 1 aliphatic carbocycles. The van der Waals surface area contributed by atoms with E-state index in [9.17, 15) is 10.1 Å². The van der Waals surface area contributed by atoms with Crippen LogP contribution in [0.3, 0.4) is 0 Å². The molecular formula is C12H13N5O2S. The zero-order valence-electron chi connectivity index (χ0n) is 10.7. The summed E-state index contributed by atoms with van der Waals surface area (Å²) in [5.41, 5.74) is -0.140. The first-order valence-corrected chi connectivity index (χ1v) is 7.32. The lowest BCUT2D eigenvalue weighted by molar-refractivity contribution is -0.387. The van der Waals surface area contributed by atoms with Gasteiger partial charge in [0.2, 0.25) is 5.82 Å². The second-order valence-electron chi connectivity index (χ2n) is 5.16. The van der Waals surface area contributed by atoms with Crippen molar-refractivity contribution in [2.45, 2.75) is 24.3 Å². The Morgan fingerprint density at radius 3 is 2.70 bits per heavy atom. The molecule has 104 valence electrons. The number of fused-ring (bicyclic) bond motifs is 1. The summed E-state index contributed by atoms with van der Waals surface area (Å²) in [6.45, 7) is 1.64. The van der Waals surface area contributed by atoms with Crippen molar-refractivity contribution in [3.05, 3.63) is 16.4 Å². The number of rotatable bonds is 3. The molecule has 1 saturated carbocycles. The molecule has 2 fully saturated rings. The van der Waals surface area contributed by atoms with Gasteiger partial charge in [-0.3, -0.25) is 10.1 Å². The number of thiocyanates is 1. The van der Waals surface area contributed by atoms with Crippen LogP contribution in [0.2, 0.25) is 0 Å². The van der Waals surface area contributed by atoms with Gasteiger partial charge in [-0.15, -0.1) is 0 Å². The van der Waals surface area contributed by atoms with Crippen LogP contribution < -0.4 is 4.90 Å². The van der Waals surface area contributed by atoms with Crippen LogP contribution in [0.15, 0.2) is 11.4 Å². The van der Waals surface area contributed by atoms with E-state index in [2.05, 4.69) is 9.97 Å². The lowest BCUT2D eigenvalue weighted by Crippen LogP contribution is -2.23. The third-order valence-electron chi connectivity index (χ3n) is 4.12. The lowest BCUT2D eigenvalue weighted by atomic mass is 10.0. The van der Waals surface area contributed by atoms with Gasteiger partial charge in [-0.1, -0.05) is 6.42 Å². The molecule has 1 aliphatic heterocycles. The van der Waals surface area contributed by atoms with Crippen molar-refractivity contribution in [3.63, 3.8) is 0 Å². The Kier molecular flexibility index (Phi) is 3.44. The number of hydrogen-bond donors (Lipinski definition) is 0. The van der Waals surface area contributed by atoms with E-state index in [1.54, 1.807) is 0 Å². The highest BCUT2D eigenvalue weighted by Gasteiger charge is 2.39. The van der Waals surface area contributed by atoms with Gasteiger partial charge >= 0.3 is 5.69 Å². The normalized spacial score (nSPS) is 24.4. The molecule has 3 rings (SSSR count). The SMILES string of the molecule is N#CSc1ncnc(N2CC3CCCC3C2)c1[N+](=O)[O-]. The molecule has 0 bridgehead atoms. The van der Waals surface area contributed by atoms with E-state index < -0.39 is 4.92 Å². The van der Waals surface area contributed by atoms with Crippen LogP contribution in [0.25, 0.3) is 0 Å². The summed E-state index contributed by atoms with van der Waals surface area (Å²) in [5, 5.41) is 22.0. The predicted molar refractivity (Wildman–Crippen MR) is 73.2 cm³/mol. The molecule has 0 aromatic carbocycles. The molecule has 0 radical (unpaired) electrons. The quantitative estimate of drug-likeness (QED) is 0.277. The first-order chi connectivity index (χ1) is 9.70. The van der Waals surface area contributed by atoms with Crippen molar-refractivity contribution in [1.82, 2.24) is 9.97 Å². The Morgan fingerprint density at radius 1 is 1.40 bits per heavy atom. The van der Waals surface area contributed by atoms with Crippen LogP contribution in [0.4, 0.5) is 11.5 Å². The van der Waals surface area contributed by atoms with E-state index in [1.165, 1.54) is 25.6 Å². The number of nitriles is 1. The van der Waals surface area contributed by atoms with E-state index in [0.29, 0.717) is 29.4 Å². The molecule has 7 nitrogen and oxygen atoms in total. The third kappa shape index (κ3) is 2.18. The number of hydrogen-bond acceptors (Lipinski definition) is 7. The van der Waals surface area contributed by atoms with Crippen molar-refractivity contribution < 1.29 is 4.92 Å². The minimum atomic E-state index is -0.483. The van der Waals surface area contributed by atoms with Gasteiger partial charge < -0.3 is 4.90 Å². The first kappa shape index (κ1) is 13.1. The zero-order valence-corrected chi connectivity index (χ0v) is 11.5. The largest absolute Gasteiger partial charge is 0.350 e. The number of nitro groups is 1. The standard InChI is InChI=1S/C12H13N5O2S/c13-6-20-12-10(17(18)19)11(14-7-15-12)16-4-8-2-1-3-9(8)5-16/h7-9H,1-5H2. The fraction of sp³-hybridized carbons (Fsp3) is 0.583. The van der Waals surface area contributed by atoms with Crippen molar-refractivity contribution >= 4 is 23.3 Å². The minimum absolute atomic E-state index is 0.125. The summed E-state index contributed by atoms with van der Waals surface area (Å²) < 4.78 is 0. The first-order valence-electron chi connectivity index (χ1n) is 6.51. The summed E-state index contributed by atoms with van der Waals surface area (Å²) in [7, 11) is 0. The Hall–Kier alpha value is -1.88. The zero-order chi connectivity index (χ0) is 14.1. The number of anilines is 1. The van der Waals surface area contributed by atoms with Gasteiger partial charge in [0.1, 0.15) is 11.7 Å². The summed E-state index contributed by atoms with van der Waals surface area (Å²) >= 11 is 0.711. The van der Waals surface area contributed by atoms with E-state index in [4.69, 9.17) is 5.26 Å². The maximum Gasteiger partial charge on any atom is 0.344 e. The topological polar surface area (TPSA) is 96.0 Å². The fourth-order valence-corrected chi connectivity index (χ4v) is 3.72. The van der Waals surface area contributed by atoms with Crippen LogP contribution in [-0.4, -0.2) is 28.0 Å². The Bertz CT molecular complexity index is 576. The van der Waals surface area contributed by atoms with E-state index in [0.717, 1.165) is 13.1 Å². The van der Waals surface area contributed by atoms with Crippen LogP contribution in [-0.2, 0) is 0 Å². The highest BCUT2D eigenvalue weighted by molar-refractivity contribution is 8.03. The van der Waals surface area contributed by atoms with Crippen LogP contribution >= 0.6 is 11.8 Å². The predicted octanol–water partition coefficient (Wildman–Crippen LogP) is 2.19. The van der Waals surface area contributed by atoms with Gasteiger partial charge in [0.25, 0.3) is 0 Å². The Balaban J connectivity index is 1.95. The smallest absolute Gasteiger partial charge is 0.344 e. The van der Waals surface area contributed by atoms with E-state index >= 15 is 0 Å². The van der Waals surface area contributed by atoms with Crippen LogP contribution in [0.1, 0.15) is 19.3 Å². The summed E-state index contributed by atoms with van der Waals surface area (Å²) in [4.78, 5) is 20.8. The average molecular weight is 291 g/mol. The molecular weight excluding hydrogens is 278 g/mol. The molecule has 2 atom stereocenters. The van der Waals surface area contributed by atoms with Gasteiger partial charge in [-0.2, -0.15) is 5.26 Å². The van der Waals surface area contributed by atoms with Gasteiger partial charge in [0.15, 0.2) is 5.03 Å². The summed E-state index contributed by atoms with van der Waals surface area (Å²) in [6, 6.07) is 0. The number of nitrogens with zero attached hydrogens (tertiary/aromatic N) is 5. The molecule has 20 heavy (non-hydrogen) atoms. The van der Waals surface area contributed by atoms with Crippen molar-refractivity contribution in [2.75, 3.05) is 18.0 Å². The highest BCUT2D eigenvalue weighted by Crippen LogP contribution is 2.42.